The molecule has 2 rings (SSSR count). The van der Waals surface area contributed by atoms with Crippen molar-refractivity contribution in [3.63, 3.8) is 0 Å². The Kier molecular flexibility index (Phi) is 4.11. The van der Waals surface area contributed by atoms with Crippen molar-refractivity contribution in [3.05, 3.63) is 35.4 Å². The summed E-state index contributed by atoms with van der Waals surface area (Å²) in [6, 6.07) is 2.94. The minimum atomic E-state index is -0.695. The molecule has 6 heteroatoms. The number of halogens is 2. The summed E-state index contributed by atoms with van der Waals surface area (Å²) in [6.07, 6.45) is -0.484. The molecule has 1 heterocycles. The fourth-order valence-corrected chi connectivity index (χ4v) is 2.32. The number of likely N-dealkylation sites (tertiary alicyclic amines) is 1. The number of hydrogen-bond acceptors (Lipinski definition) is 4. The normalized spacial score (nSPS) is 23.6. The number of rotatable bonds is 3. The third-order valence-electron chi connectivity index (χ3n) is 3.28. The predicted molar refractivity (Wildman–Crippen MR) is 63.2 cm³/mol. The number of esters is 1. The van der Waals surface area contributed by atoms with Gasteiger partial charge in [0, 0.05) is 25.1 Å². The van der Waals surface area contributed by atoms with E-state index in [2.05, 4.69) is 4.74 Å². The van der Waals surface area contributed by atoms with Crippen LogP contribution >= 0.6 is 0 Å². The van der Waals surface area contributed by atoms with E-state index in [4.69, 9.17) is 0 Å². The Bertz CT molecular complexity index is 461. The molecule has 0 aromatic heterocycles. The van der Waals surface area contributed by atoms with E-state index < -0.39 is 29.7 Å². The maximum atomic E-state index is 13.6. The van der Waals surface area contributed by atoms with Gasteiger partial charge in [-0.1, -0.05) is 6.07 Å². The second kappa shape index (κ2) is 5.63. The Morgan fingerprint density at radius 2 is 2.11 bits per heavy atom. The van der Waals surface area contributed by atoms with Crippen LogP contribution < -0.4 is 0 Å². The standard InChI is InChI=1S/C13H15F2NO3/c1-19-13(18)12-5-8(17)6-16(12)7-9-10(14)3-2-4-11(9)15/h2-4,8,12,17H,5-7H2,1H3. The molecule has 0 aliphatic carbocycles. The number of aliphatic hydroxyl groups excluding tert-OH is 1. The first-order chi connectivity index (χ1) is 9.02. The first-order valence-electron chi connectivity index (χ1n) is 5.95. The molecule has 1 aliphatic heterocycles. The third kappa shape index (κ3) is 2.90. The highest BCUT2D eigenvalue weighted by Gasteiger charge is 2.37. The Labute approximate surface area is 109 Å². The van der Waals surface area contributed by atoms with Gasteiger partial charge in [0.15, 0.2) is 0 Å². The molecular formula is C13H15F2NO3. The van der Waals surface area contributed by atoms with Crippen LogP contribution in [0.5, 0.6) is 0 Å². The maximum absolute atomic E-state index is 13.6. The monoisotopic (exact) mass is 271 g/mol. The average Bonchev–Trinajstić information content (AvgIpc) is 2.74. The Hall–Kier alpha value is -1.53. The van der Waals surface area contributed by atoms with E-state index in [1.54, 1.807) is 0 Å². The lowest BCUT2D eigenvalue weighted by atomic mass is 10.1. The van der Waals surface area contributed by atoms with Crippen molar-refractivity contribution < 1.29 is 23.4 Å². The van der Waals surface area contributed by atoms with Gasteiger partial charge < -0.3 is 9.84 Å². The summed E-state index contributed by atoms with van der Waals surface area (Å²) in [5.74, 6) is -1.83. The zero-order valence-corrected chi connectivity index (χ0v) is 10.5. The van der Waals surface area contributed by atoms with Gasteiger partial charge in [-0.3, -0.25) is 9.69 Å². The molecule has 0 amide bonds. The summed E-state index contributed by atoms with van der Waals surface area (Å²) in [5.41, 5.74) is -0.106. The Morgan fingerprint density at radius 3 is 2.68 bits per heavy atom. The topological polar surface area (TPSA) is 49.8 Å². The van der Waals surface area contributed by atoms with Crippen molar-refractivity contribution in [1.82, 2.24) is 4.90 Å². The van der Waals surface area contributed by atoms with Gasteiger partial charge >= 0.3 is 5.97 Å². The summed E-state index contributed by atoms with van der Waals surface area (Å²) in [7, 11) is 1.24. The van der Waals surface area contributed by atoms with Crippen LogP contribution in [0.2, 0.25) is 0 Å². The summed E-state index contributed by atoms with van der Waals surface area (Å²) < 4.78 is 31.8. The van der Waals surface area contributed by atoms with Gasteiger partial charge in [-0.2, -0.15) is 0 Å². The van der Waals surface area contributed by atoms with Crippen LogP contribution in [0.15, 0.2) is 18.2 Å². The number of aliphatic hydroxyl groups is 1. The molecule has 1 N–H and O–H groups in total. The van der Waals surface area contributed by atoms with Gasteiger partial charge in [0.2, 0.25) is 0 Å². The number of benzene rings is 1. The van der Waals surface area contributed by atoms with E-state index in [1.165, 1.54) is 18.1 Å². The van der Waals surface area contributed by atoms with Gasteiger partial charge in [0.1, 0.15) is 17.7 Å². The molecule has 1 fully saturated rings. The molecule has 0 bridgehead atoms. The van der Waals surface area contributed by atoms with Gasteiger partial charge in [0.25, 0.3) is 0 Å². The Balaban J connectivity index is 2.19. The number of methoxy groups -OCH3 is 1. The molecular weight excluding hydrogens is 256 g/mol. The molecule has 4 nitrogen and oxygen atoms in total. The van der Waals surface area contributed by atoms with E-state index in [1.807, 2.05) is 0 Å². The number of nitrogens with zero attached hydrogens (tertiary/aromatic N) is 1. The Morgan fingerprint density at radius 1 is 1.47 bits per heavy atom. The molecule has 0 saturated carbocycles. The molecule has 1 aromatic carbocycles. The van der Waals surface area contributed by atoms with Gasteiger partial charge in [0.05, 0.1) is 13.2 Å². The van der Waals surface area contributed by atoms with Crippen LogP contribution in [0.25, 0.3) is 0 Å². The fraction of sp³-hybridized carbons (Fsp3) is 0.462. The number of hydrogen-bond donors (Lipinski definition) is 1. The van der Waals surface area contributed by atoms with Crippen LogP contribution in [-0.2, 0) is 16.1 Å². The maximum Gasteiger partial charge on any atom is 0.323 e. The van der Waals surface area contributed by atoms with Crippen LogP contribution in [0.3, 0.4) is 0 Å². The van der Waals surface area contributed by atoms with Crippen LogP contribution in [-0.4, -0.2) is 41.8 Å². The summed E-state index contributed by atoms with van der Waals surface area (Å²) in [5, 5.41) is 9.59. The van der Waals surface area contributed by atoms with E-state index in [-0.39, 0.29) is 25.1 Å². The third-order valence-corrected chi connectivity index (χ3v) is 3.28. The highest BCUT2D eigenvalue weighted by molar-refractivity contribution is 5.76. The molecule has 2 atom stereocenters. The lowest BCUT2D eigenvalue weighted by Crippen LogP contribution is -2.36. The number of carbonyl (C=O) groups is 1. The molecule has 1 saturated heterocycles. The number of ether oxygens (including phenoxy) is 1. The number of β-amino-alcohol motifs (C(OH)–C–C–N with tert-alkyl or cyclic N) is 1. The van der Waals surface area contributed by atoms with E-state index in [9.17, 15) is 18.7 Å². The molecule has 2 unspecified atom stereocenters. The highest BCUT2D eigenvalue weighted by Crippen LogP contribution is 2.23. The zero-order valence-electron chi connectivity index (χ0n) is 10.5. The molecule has 1 aromatic rings. The van der Waals surface area contributed by atoms with Gasteiger partial charge in [-0.25, -0.2) is 8.78 Å². The minimum Gasteiger partial charge on any atom is -0.468 e. The quantitative estimate of drug-likeness (QED) is 0.836. The minimum absolute atomic E-state index is 0.0741. The number of carbonyl (C=O) groups excluding carboxylic acids is 1. The van der Waals surface area contributed by atoms with Crippen molar-refractivity contribution in [3.8, 4) is 0 Å². The van der Waals surface area contributed by atoms with Crippen LogP contribution in [0.4, 0.5) is 8.78 Å². The first kappa shape index (κ1) is 13.9. The van der Waals surface area contributed by atoms with E-state index >= 15 is 0 Å². The lowest BCUT2D eigenvalue weighted by Gasteiger charge is -2.22. The van der Waals surface area contributed by atoms with Crippen molar-refractivity contribution in [1.29, 1.82) is 0 Å². The second-order valence-corrected chi connectivity index (χ2v) is 4.56. The molecule has 0 radical (unpaired) electrons. The molecule has 1 aliphatic rings. The lowest BCUT2D eigenvalue weighted by molar-refractivity contribution is -0.146. The molecule has 19 heavy (non-hydrogen) atoms. The van der Waals surface area contributed by atoms with Crippen molar-refractivity contribution >= 4 is 5.97 Å². The highest BCUT2D eigenvalue weighted by atomic mass is 19.1. The van der Waals surface area contributed by atoms with Crippen molar-refractivity contribution in [2.75, 3.05) is 13.7 Å². The van der Waals surface area contributed by atoms with E-state index in [0.29, 0.717) is 0 Å². The van der Waals surface area contributed by atoms with Crippen molar-refractivity contribution in [2.45, 2.75) is 25.1 Å². The predicted octanol–water partition coefficient (Wildman–Crippen LogP) is 1.07. The molecule has 104 valence electrons. The summed E-state index contributed by atoms with van der Waals surface area (Å²) in [6.45, 7) is 0.114. The average molecular weight is 271 g/mol. The first-order valence-corrected chi connectivity index (χ1v) is 5.95. The van der Waals surface area contributed by atoms with E-state index in [0.717, 1.165) is 12.1 Å². The van der Waals surface area contributed by atoms with Crippen LogP contribution in [0.1, 0.15) is 12.0 Å². The van der Waals surface area contributed by atoms with Gasteiger partial charge in [-0.05, 0) is 12.1 Å². The SMILES string of the molecule is COC(=O)C1CC(O)CN1Cc1c(F)cccc1F. The largest absolute Gasteiger partial charge is 0.468 e. The zero-order chi connectivity index (χ0) is 14.0. The summed E-state index contributed by atoms with van der Waals surface area (Å²) >= 11 is 0. The summed E-state index contributed by atoms with van der Waals surface area (Å²) in [4.78, 5) is 13.1. The van der Waals surface area contributed by atoms with Gasteiger partial charge in [-0.15, -0.1) is 0 Å². The fourth-order valence-electron chi connectivity index (χ4n) is 2.32. The second-order valence-electron chi connectivity index (χ2n) is 4.56. The van der Waals surface area contributed by atoms with Crippen molar-refractivity contribution in [2.24, 2.45) is 0 Å². The smallest absolute Gasteiger partial charge is 0.323 e. The van der Waals surface area contributed by atoms with Crippen LogP contribution in [0, 0.1) is 11.6 Å². The molecule has 0 spiro atoms.